The quantitative estimate of drug-likeness (QED) is 0.264. The standard InChI is InChI=1S/C30H30N4O4/c1-22(35)31-14-16-32(17-15-31)30(36)19-26(24-10-6-3-7-11-24)28-21-33(20-23-8-4-2-5-9-23)29-13-12-25(34(37)38)18-27(28)29/h2-13,18,21,26H,14-17,19-20H2,1H3/t26-/m0/s1. The van der Waals surface area contributed by atoms with Gasteiger partial charge in [0.2, 0.25) is 11.8 Å². The Morgan fingerprint density at radius 1 is 0.895 bits per heavy atom. The minimum absolute atomic E-state index is 0.0106. The number of hydrogen-bond acceptors (Lipinski definition) is 4. The second-order valence-electron chi connectivity index (χ2n) is 9.71. The van der Waals surface area contributed by atoms with Crippen molar-refractivity contribution in [3.8, 4) is 0 Å². The molecule has 0 spiro atoms. The molecule has 1 aliphatic heterocycles. The van der Waals surface area contributed by atoms with Crippen molar-refractivity contribution in [3.05, 3.63) is 112 Å². The Bertz CT molecular complexity index is 1460. The van der Waals surface area contributed by atoms with Gasteiger partial charge in [-0.15, -0.1) is 0 Å². The third kappa shape index (κ3) is 5.29. The number of hydrogen-bond donors (Lipinski definition) is 0. The number of rotatable bonds is 7. The highest BCUT2D eigenvalue weighted by Crippen LogP contribution is 2.37. The number of aromatic nitrogens is 1. The summed E-state index contributed by atoms with van der Waals surface area (Å²) in [5.41, 5.74) is 3.90. The Kier molecular flexibility index (Phi) is 7.22. The second kappa shape index (κ2) is 10.9. The SMILES string of the molecule is CC(=O)N1CCN(C(=O)C[C@@H](c2ccccc2)c2cn(Cc3ccccc3)c3ccc([N+](=O)[O-])cc23)CC1. The van der Waals surface area contributed by atoms with E-state index in [2.05, 4.69) is 16.7 Å². The predicted molar refractivity (Wildman–Crippen MR) is 146 cm³/mol. The zero-order chi connectivity index (χ0) is 26.6. The fraction of sp³-hybridized carbons (Fsp3) is 0.267. The average molecular weight is 511 g/mol. The van der Waals surface area contributed by atoms with Crippen LogP contribution in [0.5, 0.6) is 0 Å². The Labute approximate surface area is 221 Å². The summed E-state index contributed by atoms with van der Waals surface area (Å²) in [5.74, 6) is -0.250. The lowest BCUT2D eigenvalue weighted by Gasteiger charge is -2.35. The molecule has 0 radical (unpaired) electrons. The van der Waals surface area contributed by atoms with E-state index in [9.17, 15) is 19.7 Å². The van der Waals surface area contributed by atoms with Gasteiger partial charge in [0.25, 0.3) is 5.69 Å². The molecule has 1 saturated heterocycles. The number of nitrogens with zero attached hydrogens (tertiary/aromatic N) is 4. The van der Waals surface area contributed by atoms with Crippen LogP contribution in [0.25, 0.3) is 10.9 Å². The van der Waals surface area contributed by atoms with Crippen LogP contribution in [0.3, 0.4) is 0 Å². The van der Waals surface area contributed by atoms with Crippen molar-refractivity contribution in [2.24, 2.45) is 0 Å². The minimum atomic E-state index is -0.380. The summed E-state index contributed by atoms with van der Waals surface area (Å²) < 4.78 is 2.11. The summed E-state index contributed by atoms with van der Waals surface area (Å²) >= 11 is 0. The molecule has 8 nitrogen and oxygen atoms in total. The van der Waals surface area contributed by atoms with Crippen LogP contribution >= 0.6 is 0 Å². The van der Waals surface area contributed by atoms with Gasteiger partial charge in [-0.2, -0.15) is 0 Å². The minimum Gasteiger partial charge on any atom is -0.343 e. The van der Waals surface area contributed by atoms with E-state index < -0.39 is 0 Å². The summed E-state index contributed by atoms with van der Waals surface area (Å²) in [4.78, 5) is 40.1. The smallest absolute Gasteiger partial charge is 0.270 e. The number of carbonyl (C=O) groups excluding carboxylic acids is 2. The maximum Gasteiger partial charge on any atom is 0.270 e. The highest BCUT2D eigenvalue weighted by molar-refractivity contribution is 5.88. The lowest BCUT2D eigenvalue weighted by Crippen LogP contribution is -2.50. The van der Waals surface area contributed by atoms with Gasteiger partial charge in [0.1, 0.15) is 0 Å². The molecule has 0 unspecified atom stereocenters. The molecule has 1 aliphatic rings. The normalized spacial score (nSPS) is 14.4. The first-order valence-electron chi connectivity index (χ1n) is 12.8. The van der Waals surface area contributed by atoms with E-state index in [0.29, 0.717) is 32.7 Å². The fourth-order valence-corrected chi connectivity index (χ4v) is 5.28. The number of non-ortho nitro benzene ring substituents is 1. The summed E-state index contributed by atoms with van der Waals surface area (Å²) in [5, 5.41) is 12.4. The molecular weight excluding hydrogens is 480 g/mol. The van der Waals surface area contributed by atoms with Crippen LogP contribution in [-0.2, 0) is 16.1 Å². The van der Waals surface area contributed by atoms with Crippen molar-refractivity contribution in [1.29, 1.82) is 0 Å². The van der Waals surface area contributed by atoms with E-state index in [4.69, 9.17) is 0 Å². The predicted octanol–water partition coefficient (Wildman–Crippen LogP) is 4.81. The van der Waals surface area contributed by atoms with E-state index in [-0.39, 0.29) is 34.8 Å². The first-order valence-corrected chi connectivity index (χ1v) is 12.8. The van der Waals surface area contributed by atoms with Crippen molar-refractivity contribution in [2.75, 3.05) is 26.2 Å². The third-order valence-electron chi connectivity index (χ3n) is 7.34. The number of amides is 2. The zero-order valence-electron chi connectivity index (χ0n) is 21.3. The summed E-state index contributed by atoms with van der Waals surface area (Å²) in [6.07, 6.45) is 2.28. The molecule has 8 heteroatoms. The average Bonchev–Trinajstić information content (AvgIpc) is 3.29. The van der Waals surface area contributed by atoms with Crippen molar-refractivity contribution in [2.45, 2.75) is 25.8 Å². The van der Waals surface area contributed by atoms with Gasteiger partial charge >= 0.3 is 0 Å². The molecule has 1 atom stereocenters. The van der Waals surface area contributed by atoms with Crippen LogP contribution in [0.2, 0.25) is 0 Å². The lowest BCUT2D eigenvalue weighted by molar-refractivity contribution is -0.384. The van der Waals surface area contributed by atoms with Gasteiger partial charge in [0.15, 0.2) is 0 Å². The summed E-state index contributed by atoms with van der Waals surface area (Å²) in [6.45, 7) is 4.21. The molecule has 1 fully saturated rings. The Morgan fingerprint density at radius 3 is 2.16 bits per heavy atom. The second-order valence-corrected chi connectivity index (χ2v) is 9.71. The monoisotopic (exact) mass is 510 g/mol. The van der Waals surface area contributed by atoms with Crippen LogP contribution in [-0.4, -0.2) is 57.3 Å². The zero-order valence-corrected chi connectivity index (χ0v) is 21.3. The molecule has 2 amide bonds. The molecule has 1 aromatic heterocycles. The van der Waals surface area contributed by atoms with Gasteiger partial charge in [-0.25, -0.2) is 0 Å². The van der Waals surface area contributed by atoms with Crippen molar-refractivity contribution >= 4 is 28.4 Å². The molecule has 0 N–H and O–H groups in total. The number of benzene rings is 3. The Morgan fingerprint density at radius 2 is 1.53 bits per heavy atom. The molecule has 0 saturated carbocycles. The van der Waals surface area contributed by atoms with Gasteiger partial charge in [-0.05, 0) is 22.8 Å². The first-order chi connectivity index (χ1) is 18.4. The molecule has 0 aliphatic carbocycles. The highest BCUT2D eigenvalue weighted by Gasteiger charge is 2.28. The number of nitro groups is 1. The molecule has 194 valence electrons. The van der Waals surface area contributed by atoms with Crippen LogP contribution < -0.4 is 0 Å². The molecule has 38 heavy (non-hydrogen) atoms. The van der Waals surface area contributed by atoms with Crippen LogP contribution in [0, 0.1) is 10.1 Å². The van der Waals surface area contributed by atoms with Gasteiger partial charge < -0.3 is 14.4 Å². The summed E-state index contributed by atoms with van der Waals surface area (Å²) in [7, 11) is 0. The maximum atomic E-state index is 13.5. The Balaban J connectivity index is 1.54. The molecule has 0 bridgehead atoms. The van der Waals surface area contributed by atoms with E-state index in [0.717, 1.165) is 27.6 Å². The number of fused-ring (bicyclic) bond motifs is 1. The molecule has 5 rings (SSSR count). The van der Waals surface area contributed by atoms with Gasteiger partial charge in [0, 0.05) is 81.2 Å². The van der Waals surface area contributed by atoms with E-state index >= 15 is 0 Å². The summed E-state index contributed by atoms with van der Waals surface area (Å²) in [6, 6.07) is 24.8. The van der Waals surface area contributed by atoms with Crippen LogP contribution in [0.15, 0.2) is 85.1 Å². The van der Waals surface area contributed by atoms with E-state index in [1.54, 1.807) is 24.0 Å². The van der Waals surface area contributed by atoms with Crippen molar-refractivity contribution in [1.82, 2.24) is 14.4 Å². The molecule has 4 aromatic rings. The first kappa shape index (κ1) is 25.2. The highest BCUT2D eigenvalue weighted by atomic mass is 16.6. The van der Waals surface area contributed by atoms with Crippen molar-refractivity contribution in [3.63, 3.8) is 0 Å². The van der Waals surface area contributed by atoms with E-state index in [1.165, 1.54) is 6.07 Å². The van der Waals surface area contributed by atoms with Gasteiger partial charge in [-0.1, -0.05) is 60.7 Å². The lowest BCUT2D eigenvalue weighted by atomic mass is 9.87. The molecule has 2 heterocycles. The molecule has 3 aromatic carbocycles. The van der Waals surface area contributed by atoms with Gasteiger partial charge in [-0.3, -0.25) is 19.7 Å². The topological polar surface area (TPSA) is 88.7 Å². The van der Waals surface area contributed by atoms with Crippen molar-refractivity contribution < 1.29 is 14.5 Å². The van der Waals surface area contributed by atoms with E-state index in [1.807, 2.05) is 59.6 Å². The number of piperazine rings is 1. The fourth-order valence-electron chi connectivity index (χ4n) is 5.28. The number of nitro benzene ring substituents is 1. The Hall–Kier alpha value is -4.46. The third-order valence-corrected chi connectivity index (χ3v) is 7.34. The van der Waals surface area contributed by atoms with Crippen LogP contribution in [0.4, 0.5) is 5.69 Å². The largest absolute Gasteiger partial charge is 0.343 e. The number of carbonyl (C=O) groups is 2. The van der Waals surface area contributed by atoms with Gasteiger partial charge in [0.05, 0.1) is 4.92 Å². The molecular formula is C30H30N4O4. The maximum absolute atomic E-state index is 13.5. The van der Waals surface area contributed by atoms with Crippen LogP contribution in [0.1, 0.15) is 36.0 Å².